The van der Waals surface area contributed by atoms with Gasteiger partial charge in [0.1, 0.15) is 5.75 Å². The number of nitrogens with one attached hydrogen (secondary N) is 1. The van der Waals surface area contributed by atoms with E-state index in [1.54, 1.807) is 0 Å². The van der Waals surface area contributed by atoms with Gasteiger partial charge in [-0.25, -0.2) is 0 Å². The summed E-state index contributed by atoms with van der Waals surface area (Å²) < 4.78 is 0. The zero-order valence-corrected chi connectivity index (χ0v) is 7.05. The molecule has 0 spiro atoms. The number of anilines is 1. The summed E-state index contributed by atoms with van der Waals surface area (Å²) in [5, 5.41) is 11.5. The van der Waals surface area contributed by atoms with Crippen LogP contribution in [0.4, 0.5) is 5.69 Å². The van der Waals surface area contributed by atoms with Crippen LogP contribution in [-0.4, -0.2) is 16.8 Å². The smallest absolute Gasteiger partial charge is 0.296 e. The number of amides is 1. The largest absolute Gasteiger partial charge is 0.506 e. The van der Waals surface area contributed by atoms with Crippen molar-refractivity contribution in [2.75, 3.05) is 5.32 Å². The maximum Gasteiger partial charge on any atom is 0.296 e. The Kier molecular flexibility index (Phi) is 1.53. The Balaban J connectivity index is 2.66. The fourth-order valence-corrected chi connectivity index (χ4v) is 1.32. The van der Waals surface area contributed by atoms with Gasteiger partial charge < -0.3 is 10.4 Å². The van der Waals surface area contributed by atoms with Crippen molar-refractivity contribution in [1.82, 2.24) is 0 Å². The highest BCUT2D eigenvalue weighted by molar-refractivity contribution is 6.52. The Morgan fingerprint density at radius 2 is 2.00 bits per heavy atom. The minimum absolute atomic E-state index is 0.0589. The van der Waals surface area contributed by atoms with Crippen LogP contribution in [0.2, 0.25) is 5.02 Å². The number of halogens is 1. The van der Waals surface area contributed by atoms with Crippen molar-refractivity contribution in [2.24, 2.45) is 0 Å². The zero-order chi connectivity index (χ0) is 9.59. The molecule has 4 nitrogen and oxygen atoms in total. The van der Waals surface area contributed by atoms with E-state index in [-0.39, 0.29) is 16.3 Å². The van der Waals surface area contributed by atoms with Gasteiger partial charge in [0.2, 0.25) is 0 Å². The summed E-state index contributed by atoms with van der Waals surface area (Å²) in [5.74, 6) is -1.48. The van der Waals surface area contributed by atoms with Crippen molar-refractivity contribution in [3.05, 3.63) is 22.7 Å². The van der Waals surface area contributed by atoms with Crippen LogP contribution in [0.3, 0.4) is 0 Å². The molecule has 1 aromatic carbocycles. The first-order valence-corrected chi connectivity index (χ1v) is 3.85. The molecule has 13 heavy (non-hydrogen) atoms. The minimum Gasteiger partial charge on any atom is -0.506 e. The third kappa shape index (κ3) is 1.07. The Morgan fingerprint density at radius 3 is 2.69 bits per heavy atom. The van der Waals surface area contributed by atoms with Crippen LogP contribution in [0.15, 0.2) is 12.1 Å². The van der Waals surface area contributed by atoms with Crippen molar-refractivity contribution >= 4 is 29.0 Å². The summed E-state index contributed by atoms with van der Waals surface area (Å²) >= 11 is 5.56. The van der Waals surface area contributed by atoms with Crippen LogP contribution in [0.1, 0.15) is 10.4 Å². The summed E-state index contributed by atoms with van der Waals surface area (Å²) in [4.78, 5) is 22.0. The summed E-state index contributed by atoms with van der Waals surface area (Å²) in [5.41, 5.74) is 0.504. The van der Waals surface area contributed by atoms with E-state index in [9.17, 15) is 9.59 Å². The normalized spacial score (nSPS) is 14.2. The molecule has 1 amide bonds. The van der Waals surface area contributed by atoms with Gasteiger partial charge in [-0.15, -0.1) is 0 Å². The van der Waals surface area contributed by atoms with Gasteiger partial charge in [-0.05, 0) is 6.07 Å². The third-order valence-corrected chi connectivity index (χ3v) is 2.09. The number of benzene rings is 1. The molecule has 0 unspecified atom stereocenters. The number of hydrogen-bond donors (Lipinski definition) is 2. The van der Waals surface area contributed by atoms with Gasteiger partial charge in [0.05, 0.1) is 16.3 Å². The minimum atomic E-state index is -0.698. The number of aromatic hydroxyl groups is 1. The molecule has 0 radical (unpaired) electrons. The Labute approximate surface area is 78.1 Å². The summed E-state index contributed by atoms with van der Waals surface area (Å²) in [6.45, 7) is 0. The van der Waals surface area contributed by atoms with Crippen molar-refractivity contribution in [3.8, 4) is 5.75 Å². The van der Waals surface area contributed by atoms with Gasteiger partial charge in [-0.1, -0.05) is 11.6 Å². The van der Waals surface area contributed by atoms with Crippen molar-refractivity contribution < 1.29 is 14.7 Å². The van der Waals surface area contributed by atoms with Gasteiger partial charge in [-0.2, -0.15) is 0 Å². The van der Waals surface area contributed by atoms with Crippen molar-refractivity contribution in [2.45, 2.75) is 0 Å². The summed E-state index contributed by atoms with van der Waals surface area (Å²) in [7, 11) is 0. The number of rotatable bonds is 0. The van der Waals surface area contributed by atoms with Gasteiger partial charge >= 0.3 is 0 Å². The van der Waals surface area contributed by atoms with Crippen molar-refractivity contribution in [1.29, 1.82) is 0 Å². The molecule has 0 aliphatic carbocycles. The van der Waals surface area contributed by atoms with E-state index in [1.165, 1.54) is 12.1 Å². The number of fused-ring (bicyclic) bond motifs is 1. The van der Waals surface area contributed by atoms with Crippen LogP contribution < -0.4 is 5.32 Å². The number of carbonyl (C=O) groups excluding carboxylic acids is 2. The molecule has 0 fully saturated rings. The van der Waals surface area contributed by atoms with Gasteiger partial charge in [0.25, 0.3) is 11.7 Å². The molecule has 0 atom stereocenters. The predicted octanol–water partition coefficient (Wildman–Crippen LogP) is 1.18. The van der Waals surface area contributed by atoms with E-state index >= 15 is 0 Å². The molecule has 1 aliphatic heterocycles. The molecule has 2 N–H and O–H groups in total. The van der Waals surface area contributed by atoms with E-state index in [4.69, 9.17) is 16.7 Å². The fourth-order valence-electron chi connectivity index (χ4n) is 1.15. The molecule has 0 aromatic heterocycles. The zero-order valence-electron chi connectivity index (χ0n) is 6.30. The Morgan fingerprint density at radius 1 is 1.31 bits per heavy atom. The number of Topliss-reactive ketones (excluding diaryl/α,β-unsaturated/α-hetero) is 1. The van der Waals surface area contributed by atoms with Crippen LogP contribution >= 0.6 is 11.6 Å². The lowest BCUT2D eigenvalue weighted by Gasteiger charge is -1.99. The summed E-state index contributed by atoms with van der Waals surface area (Å²) in [6.07, 6.45) is 0. The highest BCUT2D eigenvalue weighted by atomic mass is 35.5. The number of carbonyl (C=O) groups is 2. The Hall–Kier alpha value is -1.55. The molecule has 5 heteroatoms. The monoisotopic (exact) mass is 197 g/mol. The van der Waals surface area contributed by atoms with E-state index < -0.39 is 11.7 Å². The SMILES string of the molecule is O=C1Nc2cc(O)c(Cl)cc2C1=O. The maximum atomic E-state index is 11.1. The van der Waals surface area contributed by atoms with Crippen LogP contribution in [0, 0.1) is 0 Å². The van der Waals surface area contributed by atoms with Crippen molar-refractivity contribution in [3.63, 3.8) is 0 Å². The van der Waals surface area contributed by atoms with E-state index in [0.29, 0.717) is 5.69 Å². The second kappa shape index (κ2) is 2.47. The maximum absolute atomic E-state index is 11.1. The third-order valence-electron chi connectivity index (χ3n) is 1.79. The van der Waals surface area contributed by atoms with Gasteiger partial charge in [-0.3, -0.25) is 9.59 Å². The number of hydrogen-bond acceptors (Lipinski definition) is 3. The molecule has 0 saturated heterocycles. The average molecular weight is 198 g/mol. The second-order valence-corrected chi connectivity index (χ2v) is 3.04. The first-order chi connectivity index (χ1) is 6.09. The number of phenolic OH excluding ortho intramolecular Hbond substituents is 1. The topological polar surface area (TPSA) is 66.4 Å². The van der Waals surface area contributed by atoms with Crippen LogP contribution in [0.5, 0.6) is 5.75 Å². The quantitative estimate of drug-likeness (QED) is 0.614. The predicted molar refractivity (Wildman–Crippen MR) is 46.1 cm³/mol. The fraction of sp³-hybridized carbons (Fsp3) is 0. The van der Waals surface area contributed by atoms with Crippen LogP contribution in [0.25, 0.3) is 0 Å². The average Bonchev–Trinajstić information content (AvgIpc) is 2.32. The molecular formula is C8H4ClNO3. The molecule has 0 bridgehead atoms. The molecule has 1 aromatic rings. The first kappa shape index (κ1) is 8.07. The Bertz CT molecular complexity index is 428. The highest BCUT2D eigenvalue weighted by Crippen LogP contribution is 2.33. The summed E-state index contributed by atoms with van der Waals surface area (Å²) in [6, 6.07) is 2.52. The van der Waals surface area contributed by atoms with E-state index in [1.807, 2.05) is 0 Å². The molecular weight excluding hydrogens is 194 g/mol. The lowest BCUT2D eigenvalue weighted by molar-refractivity contribution is -0.112. The number of phenols is 1. The first-order valence-electron chi connectivity index (χ1n) is 3.48. The number of ketones is 1. The van der Waals surface area contributed by atoms with Gasteiger partial charge in [0, 0.05) is 6.07 Å². The second-order valence-electron chi connectivity index (χ2n) is 2.63. The lowest BCUT2D eigenvalue weighted by Crippen LogP contribution is -2.12. The van der Waals surface area contributed by atoms with E-state index in [2.05, 4.69) is 5.32 Å². The molecule has 1 heterocycles. The lowest BCUT2D eigenvalue weighted by atomic mass is 10.1. The molecule has 1 aliphatic rings. The van der Waals surface area contributed by atoms with Gasteiger partial charge in [0.15, 0.2) is 0 Å². The molecule has 66 valence electrons. The van der Waals surface area contributed by atoms with E-state index in [0.717, 1.165) is 0 Å². The molecule has 0 saturated carbocycles. The standard InChI is InChI=1S/C8H4ClNO3/c9-4-1-3-5(2-6(4)11)10-8(13)7(3)12/h1-2,11H,(H,10,12,13). The highest BCUT2D eigenvalue weighted by Gasteiger charge is 2.28. The van der Waals surface area contributed by atoms with Crippen LogP contribution in [-0.2, 0) is 4.79 Å². The molecule has 2 rings (SSSR count).